The van der Waals surface area contributed by atoms with Gasteiger partial charge < -0.3 is 16.2 Å². The molecule has 1 aromatic rings. The Labute approximate surface area is 72.3 Å². The number of hydrogen-bond acceptors (Lipinski definition) is 3. The summed E-state index contributed by atoms with van der Waals surface area (Å²) in [6.07, 6.45) is 0. The molecule has 0 aliphatic heterocycles. The van der Waals surface area contributed by atoms with Crippen LogP contribution in [0.3, 0.4) is 0 Å². The van der Waals surface area contributed by atoms with Crippen LogP contribution >= 0.6 is 0 Å². The van der Waals surface area contributed by atoms with E-state index in [1.54, 1.807) is 0 Å². The molecule has 4 N–H and O–H groups in total. The van der Waals surface area contributed by atoms with Crippen LogP contribution in [0.2, 0.25) is 0 Å². The first kappa shape index (κ1) is 9.03. The first-order valence-electron chi connectivity index (χ1n) is 3.96. The zero-order valence-electron chi connectivity index (χ0n) is 6.99. The van der Waals surface area contributed by atoms with Crippen LogP contribution in [0.5, 0.6) is 0 Å². The van der Waals surface area contributed by atoms with Gasteiger partial charge in [-0.2, -0.15) is 0 Å². The van der Waals surface area contributed by atoms with Crippen molar-refractivity contribution in [2.24, 2.45) is 5.73 Å². The minimum Gasteiger partial charge on any atom is -0.398 e. The summed E-state index contributed by atoms with van der Waals surface area (Å²) in [5, 5.41) is 0. The van der Waals surface area contributed by atoms with E-state index in [1.165, 1.54) is 0 Å². The summed E-state index contributed by atoms with van der Waals surface area (Å²) in [5.74, 6) is 0. The zero-order chi connectivity index (χ0) is 8.81. The Kier molecular flexibility index (Phi) is 3.57. The Bertz CT molecular complexity index is 238. The van der Waals surface area contributed by atoms with Crippen LogP contribution in [0.4, 0.5) is 5.69 Å². The first-order valence-corrected chi connectivity index (χ1v) is 3.96. The molecule has 3 heteroatoms. The summed E-state index contributed by atoms with van der Waals surface area (Å²) in [7, 11) is 0. The van der Waals surface area contributed by atoms with E-state index < -0.39 is 0 Å². The minimum absolute atomic E-state index is 0.546. The predicted octanol–water partition coefficient (Wildman–Crippen LogP) is 0.744. The Morgan fingerprint density at radius 2 is 2.00 bits per heavy atom. The van der Waals surface area contributed by atoms with Crippen molar-refractivity contribution >= 4 is 5.69 Å². The van der Waals surface area contributed by atoms with Gasteiger partial charge in [0.2, 0.25) is 0 Å². The van der Waals surface area contributed by atoms with Gasteiger partial charge in [-0.1, -0.05) is 18.2 Å². The van der Waals surface area contributed by atoms with Crippen molar-refractivity contribution < 1.29 is 4.74 Å². The molecule has 0 radical (unpaired) electrons. The normalized spacial score (nSPS) is 10.1. The molecule has 66 valence electrons. The molecule has 0 heterocycles. The van der Waals surface area contributed by atoms with Gasteiger partial charge in [-0.3, -0.25) is 0 Å². The molecule has 0 amide bonds. The van der Waals surface area contributed by atoms with E-state index in [-0.39, 0.29) is 0 Å². The van der Waals surface area contributed by atoms with Crippen molar-refractivity contribution in [3.63, 3.8) is 0 Å². The molecule has 0 saturated heterocycles. The topological polar surface area (TPSA) is 61.3 Å². The number of benzene rings is 1. The number of hydrogen-bond donors (Lipinski definition) is 2. The average molecular weight is 166 g/mol. The standard InChI is InChI=1S/C9H14N2O/c10-5-6-12-7-8-3-1-2-4-9(8)11/h1-4H,5-7,10-11H2. The fraction of sp³-hybridized carbons (Fsp3) is 0.333. The van der Waals surface area contributed by atoms with Gasteiger partial charge in [0.15, 0.2) is 0 Å². The van der Waals surface area contributed by atoms with Crippen LogP contribution in [-0.4, -0.2) is 13.2 Å². The third-order valence-corrected chi connectivity index (χ3v) is 1.57. The molecule has 0 saturated carbocycles. The lowest BCUT2D eigenvalue weighted by atomic mass is 10.2. The van der Waals surface area contributed by atoms with Crippen LogP contribution in [-0.2, 0) is 11.3 Å². The molecule has 0 aliphatic rings. The largest absolute Gasteiger partial charge is 0.398 e. The van der Waals surface area contributed by atoms with Crippen molar-refractivity contribution in [3.05, 3.63) is 29.8 Å². The van der Waals surface area contributed by atoms with Gasteiger partial charge in [0.05, 0.1) is 13.2 Å². The van der Waals surface area contributed by atoms with Crippen LogP contribution in [0.15, 0.2) is 24.3 Å². The van der Waals surface area contributed by atoms with Crippen LogP contribution in [0.25, 0.3) is 0 Å². The highest BCUT2D eigenvalue weighted by atomic mass is 16.5. The van der Waals surface area contributed by atoms with Crippen molar-refractivity contribution in [2.75, 3.05) is 18.9 Å². The quantitative estimate of drug-likeness (QED) is 0.512. The molecular weight excluding hydrogens is 152 g/mol. The monoisotopic (exact) mass is 166 g/mol. The van der Waals surface area contributed by atoms with E-state index in [9.17, 15) is 0 Å². The maximum atomic E-state index is 5.69. The maximum absolute atomic E-state index is 5.69. The average Bonchev–Trinajstić information content (AvgIpc) is 2.09. The number of nitrogens with two attached hydrogens (primary N) is 2. The summed E-state index contributed by atoms with van der Waals surface area (Å²) in [6.45, 7) is 1.67. The van der Waals surface area contributed by atoms with E-state index in [0.29, 0.717) is 19.8 Å². The summed E-state index contributed by atoms with van der Waals surface area (Å²) < 4.78 is 5.24. The van der Waals surface area contributed by atoms with E-state index in [0.717, 1.165) is 11.3 Å². The summed E-state index contributed by atoms with van der Waals surface area (Å²) >= 11 is 0. The van der Waals surface area contributed by atoms with Gasteiger partial charge in [-0.25, -0.2) is 0 Å². The highest BCUT2D eigenvalue weighted by molar-refractivity contribution is 5.45. The predicted molar refractivity (Wildman–Crippen MR) is 49.6 cm³/mol. The van der Waals surface area contributed by atoms with E-state index >= 15 is 0 Å². The van der Waals surface area contributed by atoms with Gasteiger partial charge in [0, 0.05) is 17.8 Å². The van der Waals surface area contributed by atoms with Gasteiger partial charge in [0.25, 0.3) is 0 Å². The van der Waals surface area contributed by atoms with Gasteiger partial charge >= 0.3 is 0 Å². The van der Waals surface area contributed by atoms with Crippen LogP contribution in [0, 0.1) is 0 Å². The second-order valence-electron chi connectivity index (χ2n) is 2.54. The maximum Gasteiger partial charge on any atom is 0.0737 e. The van der Waals surface area contributed by atoms with E-state index in [1.807, 2.05) is 24.3 Å². The van der Waals surface area contributed by atoms with E-state index in [4.69, 9.17) is 16.2 Å². The summed E-state index contributed by atoms with van der Waals surface area (Å²) in [6, 6.07) is 7.66. The van der Waals surface area contributed by atoms with Crippen molar-refractivity contribution in [1.29, 1.82) is 0 Å². The molecule has 0 unspecified atom stereocenters. The molecular formula is C9H14N2O. The number of anilines is 1. The van der Waals surface area contributed by atoms with E-state index in [2.05, 4.69) is 0 Å². The molecule has 0 spiro atoms. The van der Waals surface area contributed by atoms with Gasteiger partial charge in [-0.05, 0) is 6.07 Å². The SMILES string of the molecule is NCCOCc1ccccc1N. The van der Waals surface area contributed by atoms with Crippen LogP contribution in [0.1, 0.15) is 5.56 Å². The second kappa shape index (κ2) is 4.74. The zero-order valence-corrected chi connectivity index (χ0v) is 6.99. The molecule has 1 aromatic carbocycles. The smallest absolute Gasteiger partial charge is 0.0737 e. The van der Waals surface area contributed by atoms with Crippen molar-refractivity contribution in [3.8, 4) is 0 Å². The molecule has 0 aromatic heterocycles. The van der Waals surface area contributed by atoms with Crippen molar-refractivity contribution in [2.45, 2.75) is 6.61 Å². The lowest BCUT2D eigenvalue weighted by Crippen LogP contribution is -2.08. The summed E-state index contributed by atoms with van der Waals surface area (Å²) in [4.78, 5) is 0. The van der Waals surface area contributed by atoms with Gasteiger partial charge in [-0.15, -0.1) is 0 Å². The molecule has 0 bridgehead atoms. The fourth-order valence-corrected chi connectivity index (χ4v) is 0.931. The van der Waals surface area contributed by atoms with Gasteiger partial charge in [0.1, 0.15) is 0 Å². The lowest BCUT2D eigenvalue weighted by Gasteiger charge is -2.04. The Balaban J connectivity index is 2.46. The molecule has 0 fully saturated rings. The molecule has 3 nitrogen and oxygen atoms in total. The molecule has 1 rings (SSSR count). The first-order chi connectivity index (χ1) is 5.84. The van der Waals surface area contributed by atoms with Crippen LogP contribution < -0.4 is 11.5 Å². The fourth-order valence-electron chi connectivity index (χ4n) is 0.931. The number of para-hydroxylation sites is 1. The number of nitrogen functional groups attached to an aromatic ring is 1. The highest BCUT2D eigenvalue weighted by Crippen LogP contribution is 2.10. The third-order valence-electron chi connectivity index (χ3n) is 1.57. The van der Waals surface area contributed by atoms with Crippen molar-refractivity contribution in [1.82, 2.24) is 0 Å². The molecule has 0 aliphatic carbocycles. The number of rotatable bonds is 4. The lowest BCUT2D eigenvalue weighted by molar-refractivity contribution is 0.128. The highest BCUT2D eigenvalue weighted by Gasteiger charge is 1.95. The number of ether oxygens (including phenoxy) is 1. The Morgan fingerprint density at radius 1 is 1.25 bits per heavy atom. The Morgan fingerprint density at radius 3 is 2.67 bits per heavy atom. The Hall–Kier alpha value is -1.06. The summed E-state index contributed by atoms with van der Waals surface area (Å²) in [5.41, 5.74) is 12.8. The molecule has 0 atom stereocenters. The third kappa shape index (κ3) is 2.53. The minimum atomic E-state index is 0.546. The molecule has 12 heavy (non-hydrogen) atoms. The second-order valence-corrected chi connectivity index (χ2v) is 2.54.